The summed E-state index contributed by atoms with van der Waals surface area (Å²) in [5, 5.41) is 10.7. The number of benzene rings is 2. The molecular formula is C21H18ClNO6. The molecule has 1 atom stereocenters. The summed E-state index contributed by atoms with van der Waals surface area (Å²) in [7, 11) is 2.83. The van der Waals surface area contributed by atoms with E-state index in [1.165, 1.54) is 19.1 Å². The molecule has 0 saturated carbocycles. The van der Waals surface area contributed by atoms with Gasteiger partial charge in [-0.3, -0.25) is 9.69 Å². The lowest BCUT2D eigenvalue weighted by Gasteiger charge is -2.32. The topological polar surface area (TPSA) is 85.3 Å². The molecule has 2 aromatic carbocycles. The lowest BCUT2D eigenvalue weighted by molar-refractivity contribution is -0.136. The molecule has 7 nitrogen and oxygen atoms in total. The van der Waals surface area contributed by atoms with Crippen LogP contribution >= 0.6 is 11.6 Å². The maximum absolute atomic E-state index is 13.1. The number of halogens is 1. The van der Waals surface area contributed by atoms with E-state index in [4.69, 9.17) is 25.8 Å². The summed E-state index contributed by atoms with van der Waals surface area (Å²) in [6, 6.07) is 10.1. The first-order valence-electron chi connectivity index (χ1n) is 8.88. The molecular weight excluding hydrogens is 398 g/mol. The molecule has 0 unspecified atom stereocenters. The second-order valence-electron chi connectivity index (χ2n) is 6.68. The number of nitrogens with zero attached hydrogens (tertiary/aromatic N) is 1. The van der Waals surface area contributed by atoms with Crippen LogP contribution in [0.5, 0.6) is 17.2 Å². The molecule has 0 aromatic heterocycles. The molecule has 8 heteroatoms. The zero-order valence-electron chi connectivity index (χ0n) is 15.8. The van der Waals surface area contributed by atoms with Crippen molar-refractivity contribution < 1.29 is 28.9 Å². The Hall–Kier alpha value is -3.19. The minimum Gasteiger partial charge on any atom is -0.502 e. The van der Waals surface area contributed by atoms with Crippen molar-refractivity contribution in [2.45, 2.75) is 12.3 Å². The van der Waals surface area contributed by atoms with Gasteiger partial charge in [-0.15, -0.1) is 0 Å². The van der Waals surface area contributed by atoms with Crippen molar-refractivity contribution in [3.05, 3.63) is 58.3 Å². The van der Waals surface area contributed by atoms with E-state index in [9.17, 15) is 14.7 Å². The third-order valence-corrected chi connectivity index (χ3v) is 5.32. The van der Waals surface area contributed by atoms with Gasteiger partial charge in [0.05, 0.1) is 31.2 Å². The Morgan fingerprint density at radius 3 is 2.45 bits per heavy atom. The maximum Gasteiger partial charge on any atom is 0.336 e. The Kier molecular flexibility index (Phi) is 4.84. The quantitative estimate of drug-likeness (QED) is 0.770. The molecule has 0 radical (unpaired) electrons. The zero-order valence-corrected chi connectivity index (χ0v) is 16.5. The van der Waals surface area contributed by atoms with Gasteiger partial charge in [0, 0.05) is 17.4 Å². The van der Waals surface area contributed by atoms with Crippen LogP contribution in [0, 0.1) is 0 Å². The third-order valence-electron chi connectivity index (χ3n) is 5.09. The van der Waals surface area contributed by atoms with E-state index in [1.807, 2.05) is 0 Å². The van der Waals surface area contributed by atoms with E-state index in [0.717, 1.165) is 0 Å². The Morgan fingerprint density at radius 1 is 1.14 bits per heavy atom. The van der Waals surface area contributed by atoms with E-state index < -0.39 is 11.9 Å². The molecule has 4 rings (SSSR count). The predicted octanol–water partition coefficient (Wildman–Crippen LogP) is 3.39. The van der Waals surface area contributed by atoms with Gasteiger partial charge < -0.3 is 19.3 Å². The van der Waals surface area contributed by atoms with Crippen molar-refractivity contribution in [2.75, 3.05) is 25.7 Å². The number of rotatable bonds is 4. The lowest BCUT2D eigenvalue weighted by atomic mass is 9.83. The molecule has 150 valence electrons. The van der Waals surface area contributed by atoms with Gasteiger partial charge in [0.2, 0.25) is 11.7 Å². The number of cyclic esters (lactones) is 1. The normalized spacial score (nSPS) is 18.6. The molecule has 2 heterocycles. The molecule has 1 N–H and O–H groups in total. The van der Waals surface area contributed by atoms with Gasteiger partial charge in [-0.2, -0.15) is 0 Å². The van der Waals surface area contributed by atoms with Crippen LogP contribution in [-0.2, 0) is 14.3 Å². The van der Waals surface area contributed by atoms with E-state index in [0.29, 0.717) is 27.5 Å². The monoisotopic (exact) mass is 415 g/mol. The first-order chi connectivity index (χ1) is 13.9. The van der Waals surface area contributed by atoms with Crippen LogP contribution in [-0.4, -0.2) is 37.8 Å². The van der Waals surface area contributed by atoms with Crippen LogP contribution in [0.25, 0.3) is 0 Å². The molecule has 0 fully saturated rings. The number of carbonyl (C=O) groups excluding carboxylic acids is 2. The van der Waals surface area contributed by atoms with Gasteiger partial charge in [0.25, 0.3) is 0 Å². The summed E-state index contributed by atoms with van der Waals surface area (Å²) >= 11 is 6.09. The van der Waals surface area contributed by atoms with Crippen LogP contribution in [0.4, 0.5) is 5.69 Å². The number of amides is 1. The Bertz CT molecular complexity index is 1020. The minimum atomic E-state index is -0.550. The van der Waals surface area contributed by atoms with Crippen molar-refractivity contribution in [1.82, 2.24) is 0 Å². The van der Waals surface area contributed by atoms with Crippen molar-refractivity contribution in [1.29, 1.82) is 0 Å². The van der Waals surface area contributed by atoms with Gasteiger partial charge >= 0.3 is 5.97 Å². The fraction of sp³-hybridized carbons (Fsp3) is 0.238. The first kappa shape index (κ1) is 19.1. The van der Waals surface area contributed by atoms with Gasteiger partial charge in [0.15, 0.2) is 11.5 Å². The van der Waals surface area contributed by atoms with Crippen molar-refractivity contribution >= 4 is 29.2 Å². The third kappa shape index (κ3) is 3.17. The highest BCUT2D eigenvalue weighted by Crippen LogP contribution is 2.46. The molecule has 0 saturated heterocycles. The molecule has 29 heavy (non-hydrogen) atoms. The number of phenolic OH excluding ortho intramolecular Hbond substituents is 1. The SMILES string of the molecule is COc1cc([C@@H]2CC(=O)N(c3cccc(Cl)c3)C3=C2C(=O)OC3)cc(OC)c1O. The number of phenols is 1. The van der Waals surface area contributed by atoms with Gasteiger partial charge in [-0.05, 0) is 35.9 Å². The van der Waals surface area contributed by atoms with Crippen LogP contribution in [0.1, 0.15) is 17.9 Å². The van der Waals surface area contributed by atoms with Crippen LogP contribution in [0.2, 0.25) is 5.02 Å². The summed E-state index contributed by atoms with van der Waals surface area (Å²) < 4.78 is 15.7. The highest BCUT2D eigenvalue weighted by atomic mass is 35.5. The molecule has 2 aliphatic heterocycles. The number of ether oxygens (including phenoxy) is 3. The fourth-order valence-corrected chi connectivity index (χ4v) is 3.95. The number of hydrogen-bond donors (Lipinski definition) is 1. The number of hydrogen-bond acceptors (Lipinski definition) is 6. The molecule has 0 bridgehead atoms. The average Bonchev–Trinajstić information content (AvgIpc) is 3.09. The van der Waals surface area contributed by atoms with Gasteiger partial charge in [0.1, 0.15) is 6.61 Å². The average molecular weight is 416 g/mol. The molecule has 2 aromatic rings. The Morgan fingerprint density at radius 2 is 1.83 bits per heavy atom. The summed E-state index contributed by atoms with van der Waals surface area (Å²) in [5.74, 6) is -0.984. The van der Waals surface area contributed by atoms with E-state index in [1.54, 1.807) is 36.4 Å². The first-order valence-corrected chi connectivity index (χ1v) is 9.26. The minimum absolute atomic E-state index is 0.00469. The smallest absolute Gasteiger partial charge is 0.336 e. The van der Waals surface area contributed by atoms with E-state index >= 15 is 0 Å². The molecule has 0 spiro atoms. The molecule has 1 amide bonds. The van der Waals surface area contributed by atoms with E-state index in [2.05, 4.69) is 0 Å². The predicted molar refractivity (Wildman–Crippen MR) is 105 cm³/mol. The van der Waals surface area contributed by atoms with Crippen LogP contribution < -0.4 is 14.4 Å². The molecule has 0 aliphatic carbocycles. The standard InChI is InChI=1S/C21H18ClNO6/c1-27-16-6-11(7-17(28-2)20(16)25)14-9-18(24)23(13-5-3-4-12(22)8-13)15-10-29-21(26)19(14)15/h3-8,14,25H,9-10H2,1-2H3/t14-/m0/s1. The van der Waals surface area contributed by atoms with Crippen molar-refractivity contribution in [3.8, 4) is 17.2 Å². The van der Waals surface area contributed by atoms with Crippen LogP contribution in [0.15, 0.2) is 47.7 Å². The summed E-state index contributed by atoms with van der Waals surface area (Å²) in [4.78, 5) is 27.1. The summed E-state index contributed by atoms with van der Waals surface area (Å²) in [6.45, 7) is -0.00469. The van der Waals surface area contributed by atoms with Gasteiger partial charge in [-0.1, -0.05) is 17.7 Å². The number of carbonyl (C=O) groups is 2. The highest BCUT2D eigenvalue weighted by molar-refractivity contribution is 6.31. The Labute approximate surface area is 172 Å². The zero-order chi connectivity index (χ0) is 20.7. The summed E-state index contributed by atoms with van der Waals surface area (Å²) in [6.07, 6.45) is 0.0392. The largest absolute Gasteiger partial charge is 0.502 e. The number of aromatic hydroxyl groups is 1. The second-order valence-corrected chi connectivity index (χ2v) is 7.11. The van der Waals surface area contributed by atoms with Crippen LogP contribution in [0.3, 0.4) is 0 Å². The highest BCUT2D eigenvalue weighted by Gasteiger charge is 2.43. The number of methoxy groups -OCH3 is 2. The maximum atomic E-state index is 13.1. The lowest BCUT2D eigenvalue weighted by Crippen LogP contribution is -2.37. The summed E-state index contributed by atoms with van der Waals surface area (Å²) in [5.41, 5.74) is 2.08. The van der Waals surface area contributed by atoms with Crippen molar-refractivity contribution in [3.63, 3.8) is 0 Å². The fourth-order valence-electron chi connectivity index (χ4n) is 3.77. The van der Waals surface area contributed by atoms with E-state index in [-0.39, 0.29) is 36.2 Å². The molecule has 2 aliphatic rings. The van der Waals surface area contributed by atoms with Crippen molar-refractivity contribution in [2.24, 2.45) is 0 Å². The number of anilines is 1. The Balaban J connectivity index is 1.85. The number of esters is 1. The second kappa shape index (κ2) is 7.33. The van der Waals surface area contributed by atoms with Gasteiger partial charge in [-0.25, -0.2) is 4.79 Å².